The molecule has 1 amide bonds. The third-order valence-electron chi connectivity index (χ3n) is 4.10. The molecule has 3 aromatic rings. The summed E-state index contributed by atoms with van der Waals surface area (Å²) in [7, 11) is 0. The predicted molar refractivity (Wildman–Crippen MR) is 82.2 cm³/mol. The van der Waals surface area contributed by atoms with Gasteiger partial charge in [0.15, 0.2) is 0 Å². The van der Waals surface area contributed by atoms with Crippen LogP contribution in [-0.4, -0.2) is 20.9 Å². The first-order chi connectivity index (χ1) is 10.8. The van der Waals surface area contributed by atoms with Crippen LogP contribution in [0.3, 0.4) is 0 Å². The van der Waals surface area contributed by atoms with Crippen LogP contribution >= 0.6 is 0 Å². The number of rotatable bonds is 3. The lowest BCUT2D eigenvalue weighted by Crippen LogP contribution is -2.35. The summed E-state index contributed by atoms with van der Waals surface area (Å²) in [6, 6.07) is 9.45. The van der Waals surface area contributed by atoms with Crippen molar-refractivity contribution >= 4 is 16.8 Å². The van der Waals surface area contributed by atoms with Gasteiger partial charge >= 0.3 is 0 Å². The van der Waals surface area contributed by atoms with Crippen LogP contribution in [0.2, 0.25) is 0 Å². The Labute approximate surface area is 127 Å². The van der Waals surface area contributed by atoms with Crippen molar-refractivity contribution in [3.63, 3.8) is 0 Å². The number of benzene rings is 1. The standard InChI is InChI=1S/C17H14N4O/c22-16(14-5-1-3-12-9-19-11-20-15(12)14)21-17(6-7-17)13-4-2-8-18-10-13/h1-5,8-11H,6-7H2,(H,21,22). The number of carbonyl (C=O) groups is 1. The van der Waals surface area contributed by atoms with Gasteiger partial charge in [0.1, 0.15) is 6.33 Å². The highest BCUT2D eigenvalue weighted by atomic mass is 16.1. The average Bonchev–Trinajstić information content (AvgIpc) is 3.36. The largest absolute Gasteiger partial charge is 0.342 e. The molecule has 0 aliphatic heterocycles. The molecular weight excluding hydrogens is 276 g/mol. The summed E-state index contributed by atoms with van der Waals surface area (Å²) in [6.07, 6.45) is 8.61. The van der Waals surface area contributed by atoms with E-state index in [0.29, 0.717) is 11.1 Å². The molecule has 1 fully saturated rings. The van der Waals surface area contributed by atoms with Gasteiger partial charge in [-0.2, -0.15) is 0 Å². The average molecular weight is 290 g/mol. The first-order valence-corrected chi connectivity index (χ1v) is 7.20. The molecule has 0 spiro atoms. The molecule has 108 valence electrons. The summed E-state index contributed by atoms with van der Waals surface area (Å²) in [4.78, 5) is 25.1. The van der Waals surface area contributed by atoms with Gasteiger partial charge < -0.3 is 5.32 Å². The predicted octanol–water partition coefficient (Wildman–Crippen LogP) is 2.44. The molecule has 1 aliphatic carbocycles. The van der Waals surface area contributed by atoms with E-state index in [4.69, 9.17) is 0 Å². The lowest BCUT2D eigenvalue weighted by Gasteiger charge is -2.18. The number of hydrogen-bond acceptors (Lipinski definition) is 4. The highest BCUT2D eigenvalue weighted by molar-refractivity contribution is 6.05. The molecule has 0 bridgehead atoms. The van der Waals surface area contributed by atoms with Crippen LogP contribution in [0.1, 0.15) is 28.8 Å². The monoisotopic (exact) mass is 290 g/mol. The smallest absolute Gasteiger partial charge is 0.254 e. The molecule has 1 aliphatic rings. The lowest BCUT2D eigenvalue weighted by atomic mass is 10.1. The summed E-state index contributed by atoms with van der Waals surface area (Å²) in [5, 5.41) is 4.02. The van der Waals surface area contributed by atoms with Gasteiger partial charge in [-0.25, -0.2) is 9.97 Å². The van der Waals surface area contributed by atoms with Crippen LogP contribution < -0.4 is 5.32 Å². The topological polar surface area (TPSA) is 67.8 Å². The molecule has 0 saturated heterocycles. The molecule has 5 nitrogen and oxygen atoms in total. The number of nitrogens with zero attached hydrogens (tertiary/aromatic N) is 3. The quantitative estimate of drug-likeness (QED) is 0.804. The number of hydrogen-bond donors (Lipinski definition) is 1. The molecule has 0 atom stereocenters. The van der Waals surface area contributed by atoms with Gasteiger partial charge in [-0.1, -0.05) is 18.2 Å². The Hall–Kier alpha value is -2.82. The summed E-state index contributed by atoms with van der Waals surface area (Å²) >= 11 is 0. The van der Waals surface area contributed by atoms with Gasteiger partial charge in [-0.3, -0.25) is 9.78 Å². The van der Waals surface area contributed by atoms with Gasteiger partial charge in [0.05, 0.1) is 16.6 Å². The van der Waals surface area contributed by atoms with Crippen LogP contribution in [0.15, 0.2) is 55.2 Å². The number of carbonyl (C=O) groups excluding carboxylic acids is 1. The Morgan fingerprint density at radius 1 is 1.09 bits per heavy atom. The Bertz CT molecular complexity index is 838. The van der Waals surface area contributed by atoms with E-state index < -0.39 is 0 Å². The number of amides is 1. The third-order valence-corrected chi connectivity index (χ3v) is 4.10. The van der Waals surface area contributed by atoms with E-state index in [1.54, 1.807) is 18.5 Å². The van der Waals surface area contributed by atoms with Crippen LogP contribution in [0.25, 0.3) is 10.9 Å². The molecule has 0 unspecified atom stereocenters. The zero-order chi connectivity index (χ0) is 15.0. The van der Waals surface area contributed by atoms with Crippen molar-refractivity contribution in [1.29, 1.82) is 0 Å². The zero-order valence-corrected chi connectivity index (χ0v) is 11.9. The molecule has 0 radical (unpaired) electrons. The van der Waals surface area contributed by atoms with Crippen molar-refractivity contribution in [2.75, 3.05) is 0 Å². The highest BCUT2D eigenvalue weighted by Crippen LogP contribution is 2.45. The van der Waals surface area contributed by atoms with Gasteiger partial charge in [-0.05, 0) is 30.5 Å². The van der Waals surface area contributed by atoms with Crippen LogP contribution in [0.4, 0.5) is 0 Å². The second kappa shape index (κ2) is 4.87. The molecule has 2 heterocycles. The van der Waals surface area contributed by atoms with E-state index in [9.17, 15) is 4.79 Å². The van der Waals surface area contributed by atoms with Crippen molar-refractivity contribution in [1.82, 2.24) is 20.3 Å². The SMILES string of the molecule is O=C(NC1(c2cccnc2)CC1)c1cccc2cncnc12. The first-order valence-electron chi connectivity index (χ1n) is 7.20. The molecule has 1 saturated carbocycles. The van der Waals surface area contributed by atoms with Crippen molar-refractivity contribution in [3.05, 3.63) is 66.4 Å². The van der Waals surface area contributed by atoms with Crippen molar-refractivity contribution in [3.8, 4) is 0 Å². The van der Waals surface area contributed by atoms with Crippen molar-refractivity contribution < 1.29 is 4.79 Å². The Morgan fingerprint density at radius 2 is 2.00 bits per heavy atom. The number of fused-ring (bicyclic) bond motifs is 1. The highest BCUT2D eigenvalue weighted by Gasteiger charge is 2.46. The van der Waals surface area contributed by atoms with E-state index in [2.05, 4.69) is 20.3 Å². The minimum atomic E-state index is -0.277. The van der Waals surface area contributed by atoms with Gasteiger partial charge in [0, 0.05) is 24.0 Å². The minimum Gasteiger partial charge on any atom is -0.342 e. The fraction of sp³-hybridized carbons (Fsp3) is 0.176. The van der Waals surface area contributed by atoms with Crippen LogP contribution in [0.5, 0.6) is 0 Å². The van der Waals surface area contributed by atoms with E-state index in [-0.39, 0.29) is 11.4 Å². The minimum absolute atomic E-state index is 0.106. The fourth-order valence-electron chi connectivity index (χ4n) is 2.74. The molecule has 2 aromatic heterocycles. The number of nitrogens with one attached hydrogen (secondary N) is 1. The Balaban J connectivity index is 1.68. The van der Waals surface area contributed by atoms with Gasteiger partial charge in [0.2, 0.25) is 0 Å². The van der Waals surface area contributed by atoms with E-state index in [1.807, 2.05) is 30.5 Å². The van der Waals surface area contributed by atoms with Crippen LogP contribution in [0, 0.1) is 0 Å². The number of para-hydroxylation sites is 1. The molecule has 4 rings (SSSR count). The molecule has 1 aromatic carbocycles. The maximum absolute atomic E-state index is 12.7. The van der Waals surface area contributed by atoms with E-state index in [1.165, 1.54) is 6.33 Å². The maximum atomic E-state index is 12.7. The van der Waals surface area contributed by atoms with Gasteiger partial charge in [-0.15, -0.1) is 0 Å². The fourth-order valence-corrected chi connectivity index (χ4v) is 2.74. The summed E-state index contributed by atoms with van der Waals surface area (Å²) in [6.45, 7) is 0. The van der Waals surface area contributed by atoms with Crippen molar-refractivity contribution in [2.24, 2.45) is 0 Å². The maximum Gasteiger partial charge on any atom is 0.254 e. The molecule has 5 heteroatoms. The molecule has 1 N–H and O–H groups in total. The summed E-state index contributed by atoms with van der Waals surface area (Å²) in [5.74, 6) is -0.106. The number of aromatic nitrogens is 3. The number of pyridine rings is 1. The van der Waals surface area contributed by atoms with Crippen LogP contribution in [-0.2, 0) is 5.54 Å². The summed E-state index contributed by atoms with van der Waals surface area (Å²) < 4.78 is 0. The Kier molecular flexibility index (Phi) is 2.85. The van der Waals surface area contributed by atoms with Gasteiger partial charge in [0.25, 0.3) is 5.91 Å². The van der Waals surface area contributed by atoms with E-state index >= 15 is 0 Å². The zero-order valence-electron chi connectivity index (χ0n) is 11.9. The normalized spacial score (nSPS) is 15.5. The van der Waals surface area contributed by atoms with Crippen molar-refractivity contribution in [2.45, 2.75) is 18.4 Å². The second-order valence-corrected chi connectivity index (χ2v) is 5.54. The summed E-state index contributed by atoms with van der Waals surface area (Å²) in [5.41, 5.74) is 2.03. The molecule has 22 heavy (non-hydrogen) atoms. The lowest BCUT2D eigenvalue weighted by molar-refractivity contribution is 0.0932. The van der Waals surface area contributed by atoms with E-state index in [0.717, 1.165) is 23.8 Å². The molecular formula is C17H14N4O. The Morgan fingerprint density at radius 3 is 2.77 bits per heavy atom. The third kappa shape index (κ3) is 2.11. The first kappa shape index (κ1) is 12.9. The second-order valence-electron chi connectivity index (χ2n) is 5.54.